The molecule has 0 bridgehead atoms. The van der Waals surface area contributed by atoms with Crippen molar-refractivity contribution in [1.29, 1.82) is 0 Å². The molecule has 0 saturated carbocycles. The van der Waals surface area contributed by atoms with Crippen molar-refractivity contribution in [2.75, 3.05) is 41.3 Å². The molecule has 36 heavy (non-hydrogen) atoms. The summed E-state index contributed by atoms with van der Waals surface area (Å²) in [5.74, 6) is 0.0830. The van der Waals surface area contributed by atoms with Gasteiger partial charge in [0.15, 0.2) is 0 Å². The van der Waals surface area contributed by atoms with Gasteiger partial charge in [-0.15, -0.1) is 0 Å². The third-order valence-corrected chi connectivity index (χ3v) is 5.40. The number of amides is 2. The summed E-state index contributed by atoms with van der Waals surface area (Å²) in [4.78, 5) is 35.5. The number of carboxylic acid groups (broad SMARTS) is 1. The summed E-state index contributed by atoms with van der Waals surface area (Å²) in [7, 11) is 7.56. The van der Waals surface area contributed by atoms with Gasteiger partial charge in [-0.25, -0.2) is 4.79 Å². The molecule has 0 aromatic heterocycles. The lowest BCUT2D eigenvalue weighted by Crippen LogP contribution is -2.50. The molecule has 0 aliphatic carbocycles. The molecule has 4 unspecified atom stereocenters. The van der Waals surface area contributed by atoms with Gasteiger partial charge >= 0.3 is 6.09 Å². The van der Waals surface area contributed by atoms with Gasteiger partial charge in [0.2, 0.25) is 5.91 Å². The van der Waals surface area contributed by atoms with E-state index in [0.717, 1.165) is 17.9 Å². The van der Waals surface area contributed by atoms with E-state index in [-0.39, 0.29) is 12.5 Å². The van der Waals surface area contributed by atoms with Crippen LogP contribution in [-0.4, -0.2) is 92.7 Å². The number of carbonyl (C=O) groups excluding carboxylic acids is 2. The van der Waals surface area contributed by atoms with Crippen LogP contribution < -0.4 is 10.6 Å². The van der Waals surface area contributed by atoms with Crippen molar-refractivity contribution < 1.29 is 24.2 Å². The molecule has 214 valence electrons. The third-order valence-electron chi connectivity index (χ3n) is 5.40. The number of nitrogens with zero attached hydrogens (tertiary/aromatic N) is 2. The smallest absolute Gasteiger partial charge is 0.407 e. The maximum absolute atomic E-state index is 11.5. The molecular weight excluding hydrogens is 460 g/mol. The van der Waals surface area contributed by atoms with Crippen LogP contribution in [0.2, 0.25) is 0 Å². The van der Waals surface area contributed by atoms with Crippen LogP contribution in [0.4, 0.5) is 4.79 Å². The minimum Gasteiger partial charge on any atom is -0.496 e. The monoisotopic (exact) mass is 516 g/mol. The summed E-state index contributed by atoms with van der Waals surface area (Å²) in [6.07, 6.45) is 8.45. The van der Waals surface area contributed by atoms with Crippen molar-refractivity contribution in [3.8, 4) is 0 Å². The fourth-order valence-electron chi connectivity index (χ4n) is 3.61. The van der Waals surface area contributed by atoms with Gasteiger partial charge in [0, 0.05) is 19.5 Å². The van der Waals surface area contributed by atoms with Gasteiger partial charge in [-0.3, -0.25) is 9.69 Å². The quantitative estimate of drug-likeness (QED) is 0.352. The molecule has 2 amide bonds. The van der Waals surface area contributed by atoms with Crippen molar-refractivity contribution in [1.82, 2.24) is 20.4 Å². The summed E-state index contributed by atoms with van der Waals surface area (Å²) in [5.41, 5.74) is 0. The molecule has 0 saturated heterocycles. The largest absolute Gasteiger partial charge is 0.496 e. The normalized spacial score (nSPS) is 16.1. The van der Waals surface area contributed by atoms with Crippen LogP contribution in [0, 0.1) is 11.8 Å². The predicted molar refractivity (Wildman–Crippen MR) is 149 cm³/mol. The average molecular weight is 517 g/mol. The maximum Gasteiger partial charge on any atom is 0.407 e. The molecule has 4 atom stereocenters. The Morgan fingerprint density at radius 1 is 1.14 bits per heavy atom. The van der Waals surface area contributed by atoms with Crippen LogP contribution in [-0.2, 0) is 14.3 Å². The van der Waals surface area contributed by atoms with Crippen LogP contribution in [0.3, 0.4) is 0 Å². The molecule has 1 heterocycles. The van der Waals surface area contributed by atoms with Crippen molar-refractivity contribution in [2.45, 2.75) is 92.3 Å². The lowest BCUT2D eigenvalue weighted by Gasteiger charge is -2.33. The van der Waals surface area contributed by atoms with E-state index in [9.17, 15) is 14.4 Å². The first kappa shape index (κ1) is 38.4. The minimum atomic E-state index is -1.17. The molecule has 0 fully saturated rings. The number of ether oxygens (including phenoxy) is 1. The van der Waals surface area contributed by atoms with Crippen molar-refractivity contribution in [3.63, 3.8) is 0 Å². The first-order valence-corrected chi connectivity index (χ1v) is 13.2. The Kier molecular flexibility index (Phi) is 26.2. The molecule has 1 aliphatic rings. The minimum absolute atomic E-state index is 0.102. The molecule has 0 radical (unpaired) electrons. The standard InChI is InChI=1S/C11H21NO.C9H16N2O4.C4H11N.C3H8/c1-5-9(2)11(12(3)4)10-7-6-8-13-10;1-6(2)7(11(3)9(14)15)8(13)10-4-5-12;1-3-4-5-2;1-3-2/h6,8-11H,5,7H2,1-4H3;5-7H,4H2,1-3H3,(H,10,13)(H,14,15);5H,3-4H2,1-2H3;3H2,1-2H3. The average Bonchev–Trinajstić information content (AvgIpc) is 3.33. The summed E-state index contributed by atoms with van der Waals surface area (Å²) >= 11 is 0. The summed E-state index contributed by atoms with van der Waals surface area (Å²) < 4.78 is 5.58. The topological polar surface area (TPSA) is 111 Å². The number of likely N-dealkylation sites (N-methyl/N-ethyl adjacent to an activating group) is 2. The van der Waals surface area contributed by atoms with Crippen LogP contribution >= 0.6 is 0 Å². The highest BCUT2D eigenvalue weighted by Crippen LogP contribution is 2.23. The molecule has 9 nitrogen and oxygen atoms in total. The molecule has 0 spiro atoms. The van der Waals surface area contributed by atoms with Crippen LogP contribution in [0.15, 0.2) is 12.3 Å². The van der Waals surface area contributed by atoms with E-state index in [2.05, 4.69) is 70.3 Å². The first-order chi connectivity index (χ1) is 16.9. The predicted octanol–water partition coefficient (Wildman–Crippen LogP) is 4.23. The summed E-state index contributed by atoms with van der Waals surface area (Å²) in [5, 5.41) is 14.1. The molecule has 0 aromatic rings. The number of aldehydes is 1. The lowest BCUT2D eigenvalue weighted by molar-refractivity contribution is -0.127. The fraction of sp³-hybridized carbons (Fsp3) is 0.815. The molecule has 1 aliphatic heterocycles. The van der Waals surface area contributed by atoms with Gasteiger partial charge < -0.3 is 30.2 Å². The van der Waals surface area contributed by atoms with Crippen molar-refractivity contribution in [2.24, 2.45) is 11.8 Å². The van der Waals surface area contributed by atoms with Gasteiger partial charge in [-0.1, -0.05) is 61.3 Å². The summed E-state index contributed by atoms with van der Waals surface area (Å²) in [6, 6.07) is -0.234. The highest BCUT2D eigenvalue weighted by molar-refractivity contribution is 5.86. The number of hydrogen-bond acceptors (Lipinski definition) is 6. The summed E-state index contributed by atoms with van der Waals surface area (Å²) in [6.45, 7) is 15.5. The van der Waals surface area contributed by atoms with Gasteiger partial charge in [-0.05, 0) is 52.0 Å². The van der Waals surface area contributed by atoms with E-state index in [1.165, 1.54) is 26.3 Å². The lowest BCUT2D eigenvalue weighted by atomic mass is 9.92. The number of rotatable bonds is 11. The zero-order valence-electron chi connectivity index (χ0n) is 24.8. The Morgan fingerprint density at radius 3 is 1.97 bits per heavy atom. The van der Waals surface area contributed by atoms with E-state index in [4.69, 9.17) is 9.84 Å². The number of nitrogens with one attached hydrogen (secondary N) is 2. The Morgan fingerprint density at radius 2 is 1.69 bits per heavy atom. The van der Waals surface area contributed by atoms with Crippen LogP contribution in [0.25, 0.3) is 0 Å². The van der Waals surface area contributed by atoms with Gasteiger partial charge in [-0.2, -0.15) is 0 Å². The highest BCUT2D eigenvalue weighted by Gasteiger charge is 2.30. The molecular formula is C27H56N4O5. The second-order valence-corrected chi connectivity index (χ2v) is 9.43. The van der Waals surface area contributed by atoms with Crippen molar-refractivity contribution in [3.05, 3.63) is 12.3 Å². The molecule has 9 heteroatoms. The van der Waals surface area contributed by atoms with Gasteiger partial charge in [0.25, 0.3) is 0 Å². The van der Waals surface area contributed by atoms with E-state index >= 15 is 0 Å². The van der Waals surface area contributed by atoms with Gasteiger partial charge in [0.05, 0.1) is 12.8 Å². The van der Waals surface area contributed by atoms with Gasteiger partial charge in [0.1, 0.15) is 18.4 Å². The second-order valence-electron chi connectivity index (χ2n) is 9.43. The zero-order chi connectivity index (χ0) is 28.7. The molecule has 3 N–H and O–H groups in total. The highest BCUT2D eigenvalue weighted by atomic mass is 16.5. The Bertz CT molecular complexity index is 575. The SMILES string of the molecule is CC(C)C(C(=O)NCC=O)N(C)C(=O)O.CCC.CCC(C)C(C1CC=CO1)N(C)C.CCCNC. The third kappa shape index (κ3) is 18.2. The molecule has 1 rings (SSSR count). The maximum atomic E-state index is 11.5. The Labute approximate surface area is 221 Å². The Hall–Kier alpha value is -2.13. The Balaban J connectivity index is -0.000000469. The molecule has 0 aromatic carbocycles. The van der Waals surface area contributed by atoms with E-state index in [0.29, 0.717) is 24.3 Å². The van der Waals surface area contributed by atoms with Crippen LogP contribution in [0.5, 0.6) is 0 Å². The van der Waals surface area contributed by atoms with E-state index in [1.54, 1.807) is 13.8 Å². The van der Waals surface area contributed by atoms with Crippen LogP contribution in [0.1, 0.15) is 74.1 Å². The fourth-order valence-corrected chi connectivity index (χ4v) is 3.61. The number of hydrogen-bond donors (Lipinski definition) is 3. The number of carbonyl (C=O) groups is 3. The van der Waals surface area contributed by atoms with Crippen molar-refractivity contribution >= 4 is 18.3 Å². The first-order valence-electron chi connectivity index (χ1n) is 13.2. The van der Waals surface area contributed by atoms with E-state index < -0.39 is 18.0 Å². The second kappa shape index (κ2) is 24.6. The zero-order valence-corrected chi connectivity index (χ0v) is 24.8. The van der Waals surface area contributed by atoms with E-state index in [1.807, 2.05) is 13.3 Å².